The normalized spacial score (nSPS) is 25.2. The monoisotopic (exact) mass is 335 g/mol. The van der Waals surface area contributed by atoms with E-state index in [0.29, 0.717) is 24.5 Å². The van der Waals surface area contributed by atoms with Crippen LogP contribution in [0.1, 0.15) is 25.3 Å². The average molecular weight is 336 g/mol. The van der Waals surface area contributed by atoms with E-state index in [1.54, 1.807) is 4.90 Å². The van der Waals surface area contributed by atoms with Crippen molar-refractivity contribution in [3.05, 3.63) is 34.9 Å². The van der Waals surface area contributed by atoms with E-state index in [9.17, 15) is 9.59 Å². The molecule has 1 aromatic carbocycles. The van der Waals surface area contributed by atoms with E-state index >= 15 is 0 Å². The van der Waals surface area contributed by atoms with Crippen molar-refractivity contribution in [1.82, 2.24) is 15.1 Å². The van der Waals surface area contributed by atoms with Crippen molar-refractivity contribution in [2.75, 3.05) is 19.6 Å². The van der Waals surface area contributed by atoms with Crippen LogP contribution in [0.5, 0.6) is 0 Å². The van der Waals surface area contributed by atoms with E-state index in [4.69, 9.17) is 11.6 Å². The lowest BCUT2D eigenvalue weighted by molar-refractivity contribution is -0.153. The minimum Gasteiger partial charge on any atom is -0.342 e. The Morgan fingerprint density at radius 2 is 2.13 bits per heavy atom. The molecule has 1 aromatic rings. The molecule has 6 heteroatoms. The Morgan fingerprint density at radius 3 is 2.87 bits per heavy atom. The van der Waals surface area contributed by atoms with Crippen molar-refractivity contribution < 1.29 is 9.59 Å². The van der Waals surface area contributed by atoms with Crippen LogP contribution in [0, 0.1) is 0 Å². The van der Waals surface area contributed by atoms with Gasteiger partial charge in [-0.15, -0.1) is 0 Å². The number of halogens is 1. The molecule has 5 nitrogen and oxygen atoms in total. The first kappa shape index (κ1) is 16.3. The number of fused-ring (bicyclic) bond motifs is 1. The lowest BCUT2D eigenvalue weighted by Gasteiger charge is -2.45. The number of nitrogens with zero attached hydrogens (tertiary/aromatic N) is 2. The van der Waals surface area contributed by atoms with Gasteiger partial charge in [0.05, 0.1) is 0 Å². The number of benzene rings is 1. The summed E-state index contributed by atoms with van der Waals surface area (Å²) in [5.41, 5.74) is 1.12. The molecule has 0 spiro atoms. The molecule has 3 rings (SSSR count). The van der Waals surface area contributed by atoms with Crippen molar-refractivity contribution in [2.24, 2.45) is 0 Å². The van der Waals surface area contributed by atoms with E-state index in [1.165, 1.54) is 0 Å². The molecule has 0 bridgehead atoms. The van der Waals surface area contributed by atoms with Crippen LogP contribution in [0.4, 0.5) is 0 Å². The number of hydrogen-bond acceptors (Lipinski definition) is 3. The fourth-order valence-electron chi connectivity index (χ4n) is 3.38. The second-order valence-electron chi connectivity index (χ2n) is 6.26. The summed E-state index contributed by atoms with van der Waals surface area (Å²) in [6.07, 6.45) is 1.59. The molecule has 0 aliphatic carbocycles. The first-order valence-electron chi connectivity index (χ1n) is 8.16. The number of hydrogen-bond donors (Lipinski definition) is 1. The van der Waals surface area contributed by atoms with Crippen LogP contribution in [0.25, 0.3) is 0 Å². The summed E-state index contributed by atoms with van der Waals surface area (Å²) < 4.78 is 0. The fourth-order valence-corrected chi connectivity index (χ4v) is 3.59. The van der Waals surface area contributed by atoms with E-state index < -0.39 is 0 Å². The largest absolute Gasteiger partial charge is 0.342 e. The minimum atomic E-state index is -0.372. The van der Waals surface area contributed by atoms with E-state index in [1.807, 2.05) is 31.2 Å². The number of amides is 2. The van der Waals surface area contributed by atoms with Gasteiger partial charge in [-0.2, -0.15) is 0 Å². The Kier molecular flexibility index (Phi) is 4.87. The van der Waals surface area contributed by atoms with Crippen LogP contribution in [-0.2, 0) is 16.1 Å². The minimum absolute atomic E-state index is 0.0288. The summed E-state index contributed by atoms with van der Waals surface area (Å²) in [6.45, 7) is 4.72. The molecule has 0 saturated carbocycles. The first-order valence-corrected chi connectivity index (χ1v) is 8.54. The van der Waals surface area contributed by atoms with Crippen LogP contribution in [0.15, 0.2) is 24.3 Å². The Bertz CT molecular complexity index is 607. The lowest BCUT2D eigenvalue weighted by Crippen LogP contribution is -2.69. The van der Waals surface area contributed by atoms with Gasteiger partial charge in [-0.1, -0.05) is 37.1 Å². The molecule has 0 aromatic heterocycles. The van der Waals surface area contributed by atoms with Gasteiger partial charge in [0.2, 0.25) is 11.8 Å². The molecule has 0 radical (unpaired) electrons. The molecule has 1 N–H and O–H groups in total. The number of rotatable bonds is 4. The molecule has 2 atom stereocenters. The Hall–Kier alpha value is -1.59. The number of nitrogens with one attached hydrogen (secondary N) is 1. The highest BCUT2D eigenvalue weighted by molar-refractivity contribution is 6.30. The van der Waals surface area contributed by atoms with Crippen LogP contribution in [-0.4, -0.2) is 53.3 Å². The smallest absolute Gasteiger partial charge is 0.245 e. The molecule has 2 amide bonds. The molecule has 2 fully saturated rings. The molecule has 2 aliphatic heterocycles. The zero-order valence-corrected chi connectivity index (χ0v) is 14.1. The van der Waals surface area contributed by atoms with E-state index in [0.717, 1.165) is 25.1 Å². The summed E-state index contributed by atoms with van der Waals surface area (Å²) in [4.78, 5) is 28.8. The van der Waals surface area contributed by atoms with Gasteiger partial charge in [-0.25, -0.2) is 0 Å². The summed E-state index contributed by atoms with van der Waals surface area (Å²) in [5.74, 6) is 0.0395. The highest BCUT2D eigenvalue weighted by atomic mass is 35.5. The molecule has 0 unspecified atom stereocenters. The van der Waals surface area contributed by atoms with Gasteiger partial charge < -0.3 is 10.2 Å². The summed E-state index contributed by atoms with van der Waals surface area (Å²) in [5, 5.41) is 3.60. The Labute approximate surface area is 141 Å². The predicted octanol–water partition coefficient (Wildman–Crippen LogP) is 1.65. The number of carbonyl (C=O) groups is 2. The molecule has 23 heavy (non-hydrogen) atoms. The summed E-state index contributed by atoms with van der Waals surface area (Å²) >= 11 is 6.03. The third kappa shape index (κ3) is 3.51. The van der Waals surface area contributed by atoms with E-state index in [-0.39, 0.29) is 23.9 Å². The van der Waals surface area contributed by atoms with E-state index in [2.05, 4.69) is 10.2 Å². The van der Waals surface area contributed by atoms with Gasteiger partial charge in [0.25, 0.3) is 0 Å². The fraction of sp³-hybridized carbons (Fsp3) is 0.529. The second-order valence-corrected chi connectivity index (χ2v) is 6.70. The molecule has 2 heterocycles. The van der Waals surface area contributed by atoms with Crippen LogP contribution in [0.2, 0.25) is 5.02 Å². The third-order valence-electron chi connectivity index (χ3n) is 4.54. The quantitative estimate of drug-likeness (QED) is 0.910. The van der Waals surface area contributed by atoms with Crippen molar-refractivity contribution >= 4 is 23.4 Å². The summed E-state index contributed by atoms with van der Waals surface area (Å²) in [7, 11) is 0. The molecule has 2 saturated heterocycles. The third-order valence-corrected chi connectivity index (χ3v) is 4.77. The number of piperazine rings is 2. The van der Waals surface area contributed by atoms with Crippen LogP contribution in [0.3, 0.4) is 0 Å². The van der Waals surface area contributed by atoms with Gasteiger partial charge in [-0.3, -0.25) is 14.5 Å². The summed E-state index contributed by atoms with van der Waals surface area (Å²) in [6, 6.07) is 7.04. The highest BCUT2D eigenvalue weighted by Gasteiger charge is 2.42. The zero-order chi connectivity index (χ0) is 16.4. The maximum Gasteiger partial charge on any atom is 0.245 e. The maximum absolute atomic E-state index is 12.5. The van der Waals surface area contributed by atoms with Gasteiger partial charge in [-0.05, 0) is 24.1 Å². The van der Waals surface area contributed by atoms with Crippen molar-refractivity contribution in [3.63, 3.8) is 0 Å². The topological polar surface area (TPSA) is 52.7 Å². The first-order chi connectivity index (χ1) is 11.1. The zero-order valence-electron chi connectivity index (χ0n) is 13.3. The van der Waals surface area contributed by atoms with Crippen molar-refractivity contribution in [1.29, 1.82) is 0 Å². The van der Waals surface area contributed by atoms with Gasteiger partial charge in [0, 0.05) is 31.2 Å². The predicted molar refractivity (Wildman–Crippen MR) is 89.1 cm³/mol. The molecule has 2 aliphatic rings. The van der Waals surface area contributed by atoms with Crippen molar-refractivity contribution in [2.45, 2.75) is 38.4 Å². The maximum atomic E-state index is 12.5. The molecule has 124 valence electrons. The van der Waals surface area contributed by atoms with Crippen molar-refractivity contribution in [3.8, 4) is 0 Å². The molecular weight excluding hydrogens is 314 g/mol. The Morgan fingerprint density at radius 1 is 1.30 bits per heavy atom. The standard InChI is InChI=1S/C17H22ClN3O2/c1-2-4-14-17(23)21-8-7-20(11-15(21)16(22)19-14)10-12-5-3-6-13(18)9-12/h3,5-6,9,14-15H,2,4,7-8,10-11H2,1H3,(H,19,22)/t14-,15+/m0/s1. The lowest BCUT2D eigenvalue weighted by atomic mass is 10.0. The van der Waals surface area contributed by atoms with Gasteiger partial charge in [0.15, 0.2) is 0 Å². The average Bonchev–Trinajstić information content (AvgIpc) is 2.53. The van der Waals surface area contributed by atoms with Gasteiger partial charge in [0.1, 0.15) is 12.1 Å². The van der Waals surface area contributed by atoms with Crippen LogP contribution < -0.4 is 5.32 Å². The van der Waals surface area contributed by atoms with Gasteiger partial charge >= 0.3 is 0 Å². The second kappa shape index (κ2) is 6.89. The van der Waals surface area contributed by atoms with Crippen LogP contribution >= 0.6 is 11.6 Å². The SMILES string of the molecule is CCC[C@@H]1NC(=O)[C@H]2CN(Cc3cccc(Cl)c3)CCN2C1=O. The molecular formula is C17H22ClN3O2. The Balaban J connectivity index is 1.66. The number of carbonyl (C=O) groups excluding carboxylic acids is 2. The highest BCUT2D eigenvalue weighted by Crippen LogP contribution is 2.20.